The number of piperidine rings is 1. The fraction of sp³-hybridized carbons (Fsp3) is 0.316. The van der Waals surface area contributed by atoms with Gasteiger partial charge in [-0.05, 0) is 36.6 Å². The van der Waals surface area contributed by atoms with Crippen molar-refractivity contribution in [1.29, 1.82) is 5.26 Å². The third-order valence-electron chi connectivity index (χ3n) is 4.52. The molecule has 134 valence electrons. The molecule has 1 unspecified atom stereocenters. The molecule has 2 heterocycles. The van der Waals surface area contributed by atoms with E-state index < -0.39 is 11.7 Å². The number of hydrogen-bond donors (Lipinski definition) is 0. The number of amides is 1. The molecule has 0 N–H and O–H groups in total. The molecule has 7 heteroatoms. The number of pyridine rings is 1. The minimum atomic E-state index is -4.38. The van der Waals surface area contributed by atoms with Gasteiger partial charge in [0.2, 0.25) is 0 Å². The highest BCUT2D eigenvalue weighted by atomic mass is 19.4. The molecule has 1 fully saturated rings. The molecule has 0 saturated carbocycles. The first-order valence-electron chi connectivity index (χ1n) is 8.21. The van der Waals surface area contributed by atoms with Crippen molar-refractivity contribution in [3.8, 4) is 6.07 Å². The summed E-state index contributed by atoms with van der Waals surface area (Å²) in [7, 11) is 0. The summed E-state index contributed by atoms with van der Waals surface area (Å²) in [6, 6.07) is 10.2. The first-order valence-corrected chi connectivity index (χ1v) is 8.21. The van der Waals surface area contributed by atoms with Crippen molar-refractivity contribution in [3.05, 3.63) is 65.0 Å². The van der Waals surface area contributed by atoms with Crippen LogP contribution in [0.4, 0.5) is 13.2 Å². The second-order valence-corrected chi connectivity index (χ2v) is 6.26. The molecule has 0 aliphatic carbocycles. The summed E-state index contributed by atoms with van der Waals surface area (Å²) in [4.78, 5) is 18.2. The monoisotopic (exact) mass is 359 g/mol. The molecule has 1 saturated heterocycles. The highest BCUT2D eigenvalue weighted by Crippen LogP contribution is 2.33. The Bertz CT molecular complexity index is 858. The highest BCUT2D eigenvalue weighted by Gasteiger charge is 2.32. The molecule has 4 nitrogen and oxygen atoms in total. The predicted molar refractivity (Wildman–Crippen MR) is 88.3 cm³/mol. The highest BCUT2D eigenvalue weighted by molar-refractivity contribution is 5.94. The van der Waals surface area contributed by atoms with Crippen LogP contribution in [-0.2, 0) is 6.18 Å². The van der Waals surface area contributed by atoms with Gasteiger partial charge in [0, 0.05) is 30.8 Å². The number of rotatable bonds is 2. The van der Waals surface area contributed by atoms with Crippen molar-refractivity contribution >= 4 is 5.91 Å². The lowest BCUT2D eigenvalue weighted by atomic mass is 9.89. The Morgan fingerprint density at radius 3 is 2.81 bits per heavy atom. The maximum Gasteiger partial charge on any atom is 0.416 e. The topological polar surface area (TPSA) is 57.0 Å². The Labute approximate surface area is 148 Å². The number of halogens is 3. The number of aromatic nitrogens is 1. The van der Waals surface area contributed by atoms with E-state index in [0.29, 0.717) is 30.6 Å². The average Bonchev–Trinajstić information content (AvgIpc) is 2.67. The van der Waals surface area contributed by atoms with Crippen molar-refractivity contribution in [2.45, 2.75) is 24.9 Å². The molecular formula is C19H16F3N3O. The van der Waals surface area contributed by atoms with E-state index >= 15 is 0 Å². The van der Waals surface area contributed by atoms with Crippen molar-refractivity contribution in [1.82, 2.24) is 9.88 Å². The van der Waals surface area contributed by atoms with Crippen LogP contribution in [0.5, 0.6) is 0 Å². The molecule has 3 rings (SSSR count). The fourth-order valence-electron chi connectivity index (χ4n) is 3.21. The van der Waals surface area contributed by atoms with E-state index in [4.69, 9.17) is 5.26 Å². The Morgan fingerprint density at radius 2 is 2.08 bits per heavy atom. The zero-order valence-corrected chi connectivity index (χ0v) is 13.8. The zero-order chi connectivity index (χ0) is 18.7. The third kappa shape index (κ3) is 3.85. The fourth-order valence-corrected chi connectivity index (χ4v) is 3.21. The molecule has 26 heavy (non-hydrogen) atoms. The molecule has 1 amide bonds. The number of carbonyl (C=O) groups excluding carboxylic acids is 1. The van der Waals surface area contributed by atoms with E-state index in [-0.39, 0.29) is 17.5 Å². The van der Waals surface area contributed by atoms with Crippen LogP contribution in [0, 0.1) is 11.3 Å². The Kier molecular flexibility index (Phi) is 4.94. The lowest BCUT2D eigenvalue weighted by molar-refractivity contribution is -0.137. The predicted octanol–water partition coefficient (Wildman–Crippen LogP) is 3.99. The number of likely N-dealkylation sites (tertiary alicyclic amines) is 1. The number of hydrogen-bond acceptors (Lipinski definition) is 3. The van der Waals surface area contributed by atoms with Gasteiger partial charge in [-0.25, -0.2) is 4.98 Å². The van der Waals surface area contributed by atoms with Crippen LogP contribution >= 0.6 is 0 Å². The number of nitrogens with zero attached hydrogens (tertiary/aromatic N) is 3. The van der Waals surface area contributed by atoms with Crippen molar-refractivity contribution in [2.24, 2.45) is 0 Å². The molecule has 0 bridgehead atoms. The summed E-state index contributed by atoms with van der Waals surface area (Å²) in [5, 5.41) is 8.91. The van der Waals surface area contributed by atoms with Crippen LogP contribution < -0.4 is 0 Å². The van der Waals surface area contributed by atoms with Crippen LogP contribution in [0.1, 0.15) is 45.9 Å². The lowest BCUT2D eigenvalue weighted by Gasteiger charge is -2.33. The van der Waals surface area contributed by atoms with Gasteiger partial charge in [0.05, 0.1) is 5.56 Å². The quantitative estimate of drug-likeness (QED) is 0.815. The van der Waals surface area contributed by atoms with Crippen molar-refractivity contribution in [2.75, 3.05) is 13.1 Å². The van der Waals surface area contributed by atoms with Crippen LogP contribution in [0.3, 0.4) is 0 Å². The van der Waals surface area contributed by atoms with Crippen LogP contribution in [0.25, 0.3) is 0 Å². The standard InChI is InChI=1S/C19H16F3N3O/c20-19(21,22)16-5-1-3-13(9-16)15-4-2-8-25(12-15)18(26)14-6-7-24-17(10-14)11-23/h1,3,5-7,9-10,15H,2,4,8,12H2. The molecule has 2 aromatic rings. The third-order valence-corrected chi connectivity index (χ3v) is 4.52. The van der Waals surface area contributed by atoms with E-state index in [1.807, 2.05) is 6.07 Å². The second-order valence-electron chi connectivity index (χ2n) is 6.26. The molecular weight excluding hydrogens is 343 g/mol. The lowest BCUT2D eigenvalue weighted by Crippen LogP contribution is -2.39. The molecule has 0 radical (unpaired) electrons. The van der Waals surface area contributed by atoms with Crippen molar-refractivity contribution < 1.29 is 18.0 Å². The smallest absolute Gasteiger partial charge is 0.338 e. The Balaban J connectivity index is 1.79. The van der Waals surface area contributed by atoms with E-state index in [1.54, 1.807) is 11.0 Å². The Hall–Kier alpha value is -2.88. The van der Waals surface area contributed by atoms with Crippen LogP contribution in [0.2, 0.25) is 0 Å². The van der Waals surface area contributed by atoms with Gasteiger partial charge in [-0.1, -0.05) is 18.2 Å². The number of carbonyl (C=O) groups is 1. The number of alkyl halides is 3. The second kappa shape index (κ2) is 7.16. The molecule has 1 aromatic heterocycles. The first kappa shape index (κ1) is 17.9. The SMILES string of the molecule is N#Cc1cc(C(=O)N2CCCC(c3cccc(C(F)(F)F)c3)C2)ccn1. The number of benzene rings is 1. The molecule has 1 aliphatic rings. The van der Waals surface area contributed by atoms with Gasteiger partial charge < -0.3 is 4.90 Å². The van der Waals surface area contributed by atoms with E-state index in [1.165, 1.54) is 30.5 Å². The molecule has 0 spiro atoms. The van der Waals surface area contributed by atoms with E-state index in [0.717, 1.165) is 12.5 Å². The van der Waals surface area contributed by atoms with E-state index in [2.05, 4.69) is 4.98 Å². The maximum absolute atomic E-state index is 12.9. The van der Waals surface area contributed by atoms with Gasteiger partial charge in [-0.3, -0.25) is 4.79 Å². The van der Waals surface area contributed by atoms with Crippen molar-refractivity contribution in [3.63, 3.8) is 0 Å². The van der Waals surface area contributed by atoms with Gasteiger partial charge >= 0.3 is 6.18 Å². The normalized spacial score (nSPS) is 17.6. The van der Waals surface area contributed by atoms with Gasteiger partial charge in [0.15, 0.2) is 0 Å². The summed E-state index contributed by atoms with van der Waals surface area (Å²) in [5.74, 6) is -0.382. The average molecular weight is 359 g/mol. The maximum atomic E-state index is 12.9. The summed E-state index contributed by atoms with van der Waals surface area (Å²) in [5.41, 5.74) is 0.430. The summed E-state index contributed by atoms with van der Waals surface area (Å²) in [6.45, 7) is 0.892. The van der Waals surface area contributed by atoms with Crippen LogP contribution in [-0.4, -0.2) is 28.9 Å². The van der Waals surface area contributed by atoms with Gasteiger partial charge in [0.25, 0.3) is 5.91 Å². The van der Waals surface area contributed by atoms with Gasteiger partial charge in [-0.15, -0.1) is 0 Å². The zero-order valence-electron chi connectivity index (χ0n) is 13.8. The first-order chi connectivity index (χ1) is 12.4. The largest absolute Gasteiger partial charge is 0.416 e. The van der Waals surface area contributed by atoms with Gasteiger partial charge in [0.1, 0.15) is 11.8 Å². The minimum Gasteiger partial charge on any atom is -0.338 e. The molecule has 1 atom stereocenters. The molecule has 1 aromatic carbocycles. The summed E-state index contributed by atoms with van der Waals surface area (Å²) >= 11 is 0. The Morgan fingerprint density at radius 1 is 1.27 bits per heavy atom. The van der Waals surface area contributed by atoms with Gasteiger partial charge in [-0.2, -0.15) is 18.4 Å². The number of nitriles is 1. The van der Waals surface area contributed by atoms with E-state index in [9.17, 15) is 18.0 Å². The van der Waals surface area contributed by atoms with Crippen LogP contribution in [0.15, 0.2) is 42.6 Å². The summed E-state index contributed by atoms with van der Waals surface area (Å²) in [6.07, 6.45) is -1.54. The summed E-state index contributed by atoms with van der Waals surface area (Å²) < 4.78 is 38.8. The molecule has 1 aliphatic heterocycles. The minimum absolute atomic E-state index is 0.146.